The second-order valence-corrected chi connectivity index (χ2v) is 5.21. The van der Waals surface area contributed by atoms with Crippen molar-refractivity contribution in [3.8, 4) is 0 Å². The molecule has 0 nitrogen and oxygen atoms in total. The topological polar surface area (TPSA) is 0 Å². The Bertz CT molecular complexity index is 188. The summed E-state index contributed by atoms with van der Waals surface area (Å²) in [4.78, 5) is 0. The van der Waals surface area contributed by atoms with Crippen molar-refractivity contribution in [2.45, 2.75) is 91.4 Å². The van der Waals surface area contributed by atoms with Crippen molar-refractivity contribution in [1.82, 2.24) is 0 Å². The lowest BCUT2D eigenvalue weighted by Gasteiger charge is -2.09. The highest BCUT2D eigenvalue weighted by atomic mass is 14.1. The average Bonchev–Trinajstić information content (AvgIpc) is 2.36. The summed E-state index contributed by atoms with van der Waals surface area (Å²) in [6.45, 7) is 10.8. The fourth-order valence-electron chi connectivity index (χ4n) is 2.34. The van der Waals surface area contributed by atoms with Crippen LogP contribution in [0.25, 0.3) is 0 Å². The third-order valence-electron chi connectivity index (χ3n) is 3.74. The highest BCUT2D eigenvalue weighted by molar-refractivity contribution is 5.12. The van der Waals surface area contributed by atoms with Gasteiger partial charge in [0.05, 0.1) is 0 Å². The van der Waals surface area contributed by atoms with Crippen molar-refractivity contribution in [3.63, 3.8) is 0 Å². The van der Waals surface area contributed by atoms with E-state index >= 15 is 0 Å². The summed E-state index contributed by atoms with van der Waals surface area (Å²) in [6.07, 6.45) is 14.9. The van der Waals surface area contributed by atoms with Crippen LogP contribution in [0.15, 0.2) is 11.1 Å². The first-order valence-electron chi connectivity index (χ1n) is 7.72. The molecule has 0 aromatic heterocycles. The van der Waals surface area contributed by atoms with Crippen LogP contribution in [0.1, 0.15) is 91.4 Å². The molecule has 0 saturated heterocycles. The Morgan fingerprint density at radius 1 is 0.824 bits per heavy atom. The molecule has 0 atom stereocenters. The van der Waals surface area contributed by atoms with Crippen LogP contribution in [0, 0.1) is 6.92 Å². The summed E-state index contributed by atoms with van der Waals surface area (Å²) in [5.41, 5.74) is 3.18. The van der Waals surface area contributed by atoms with E-state index in [0.717, 1.165) is 6.42 Å². The van der Waals surface area contributed by atoms with E-state index in [1.165, 1.54) is 69.8 Å². The molecule has 17 heavy (non-hydrogen) atoms. The van der Waals surface area contributed by atoms with Gasteiger partial charge in [-0.15, -0.1) is 0 Å². The quantitative estimate of drug-likeness (QED) is 0.285. The monoisotopic (exact) mass is 237 g/mol. The molecule has 0 heterocycles. The van der Waals surface area contributed by atoms with Gasteiger partial charge in [-0.05, 0) is 39.5 Å². The predicted molar refractivity (Wildman–Crippen MR) is 80.2 cm³/mol. The summed E-state index contributed by atoms with van der Waals surface area (Å²) in [6, 6.07) is 0. The molecule has 1 radical (unpaired) electrons. The molecule has 0 amide bonds. The van der Waals surface area contributed by atoms with Crippen LogP contribution in [0.5, 0.6) is 0 Å². The first-order chi connectivity index (χ1) is 8.26. The average molecular weight is 237 g/mol. The zero-order valence-corrected chi connectivity index (χ0v) is 12.5. The Labute approximate surface area is 110 Å². The van der Waals surface area contributed by atoms with Gasteiger partial charge in [-0.25, -0.2) is 0 Å². The van der Waals surface area contributed by atoms with Gasteiger partial charge in [0.2, 0.25) is 0 Å². The van der Waals surface area contributed by atoms with Crippen LogP contribution in [0.3, 0.4) is 0 Å². The minimum Gasteiger partial charge on any atom is -0.0741 e. The first-order valence-corrected chi connectivity index (χ1v) is 7.72. The van der Waals surface area contributed by atoms with E-state index in [9.17, 15) is 0 Å². The molecule has 0 aliphatic carbocycles. The van der Waals surface area contributed by atoms with Gasteiger partial charge in [-0.1, -0.05) is 69.9 Å². The minimum absolute atomic E-state index is 0.986. The van der Waals surface area contributed by atoms with Crippen molar-refractivity contribution in [3.05, 3.63) is 18.1 Å². The maximum Gasteiger partial charge on any atom is -0.0318 e. The molecule has 0 spiro atoms. The number of allylic oxidation sites excluding steroid dienone is 2. The Balaban J connectivity index is 3.44. The molecule has 0 saturated carbocycles. The molecular formula is C17H33. The Hall–Kier alpha value is -0.260. The molecule has 0 aromatic rings. The Morgan fingerprint density at radius 3 is 1.82 bits per heavy atom. The molecular weight excluding hydrogens is 204 g/mol. The van der Waals surface area contributed by atoms with Crippen LogP contribution >= 0.6 is 0 Å². The van der Waals surface area contributed by atoms with E-state index < -0.39 is 0 Å². The molecule has 101 valence electrons. The van der Waals surface area contributed by atoms with Crippen LogP contribution in [0.4, 0.5) is 0 Å². The second kappa shape index (κ2) is 12.2. The number of unbranched alkanes of at least 4 members (excludes halogenated alkanes) is 7. The maximum atomic E-state index is 3.98. The van der Waals surface area contributed by atoms with Gasteiger partial charge in [0.1, 0.15) is 0 Å². The molecule has 0 N–H and O–H groups in total. The smallest absolute Gasteiger partial charge is 0.0318 e. The van der Waals surface area contributed by atoms with Gasteiger partial charge in [-0.3, -0.25) is 0 Å². The zero-order chi connectivity index (χ0) is 12.9. The van der Waals surface area contributed by atoms with Gasteiger partial charge < -0.3 is 0 Å². The van der Waals surface area contributed by atoms with Crippen molar-refractivity contribution in [2.24, 2.45) is 0 Å². The zero-order valence-electron chi connectivity index (χ0n) is 12.5. The van der Waals surface area contributed by atoms with E-state index in [4.69, 9.17) is 0 Å². The fourth-order valence-corrected chi connectivity index (χ4v) is 2.34. The lowest BCUT2D eigenvalue weighted by Crippen LogP contribution is -1.89. The van der Waals surface area contributed by atoms with Crippen molar-refractivity contribution in [1.29, 1.82) is 0 Å². The van der Waals surface area contributed by atoms with E-state index in [1.54, 1.807) is 5.57 Å². The van der Waals surface area contributed by atoms with Gasteiger partial charge in [-0.2, -0.15) is 0 Å². The SMILES string of the molecule is [CH2]C/C(C)=C(/CC)CCCCCCCCCC. The van der Waals surface area contributed by atoms with Crippen LogP contribution in [-0.4, -0.2) is 0 Å². The third kappa shape index (κ3) is 9.44. The van der Waals surface area contributed by atoms with Gasteiger partial charge in [0.15, 0.2) is 0 Å². The fraction of sp³-hybridized carbons (Fsp3) is 0.824. The lowest BCUT2D eigenvalue weighted by molar-refractivity contribution is 0.572. The summed E-state index contributed by atoms with van der Waals surface area (Å²) >= 11 is 0. The lowest BCUT2D eigenvalue weighted by atomic mass is 9.98. The molecule has 0 aromatic carbocycles. The summed E-state index contributed by atoms with van der Waals surface area (Å²) in [5.74, 6) is 0. The largest absolute Gasteiger partial charge is 0.0741 e. The number of rotatable bonds is 11. The normalized spacial score (nSPS) is 12.7. The van der Waals surface area contributed by atoms with Crippen LogP contribution in [0.2, 0.25) is 0 Å². The molecule has 0 aliphatic heterocycles. The third-order valence-corrected chi connectivity index (χ3v) is 3.74. The minimum atomic E-state index is 0.986. The molecule has 0 aliphatic rings. The molecule has 0 rings (SSSR count). The van der Waals surface area contributed by atoms with Gasteiger partial charge in [0, 0.05) is 0 Å². The van der Waals surface area contributed by atoms with Crippen molar-refractivity contribution < 1.29 is 0 Å². The molecule has 0 heteroatoms. The first kappa shape index (κ1) is 16.7. The Kier molecular flexibility index (Phi) is 12.0. The van der Waals surface area contributed by atoms with Crippen molar-refractivity contribution in [2.75, 3.05) is 0 Å². The standard InChI is InChI=1S/C17H33/c1-5-8-9-10-11-12-13-14-15-17(7-3)16(4)6-2/h2,5-15H2,1,3-4H3/b17-16-. The second-order valence-electron chi connectivity index (χ2n) is 5.21. The van der Waals surface area contributed by atoms with E-state index in [2.05, 4.69) is 27.7 Å². The van der Waals surface area contributed by atoms with E-state index in [-0.39, 0.29) is 0 Å². The molecule has 0 unspecified atom stereocenters. The number of hydrogen-bond donors (Lipinski definition) is 0. The highest BCUT2D eigenvalue weighted by Gasteiger charge is 1.99. The van der Waals surface area contributed by atoms with E-state index in [0.29, 0.717) is 0 Å². The Morgan fingerprint density at radius 2 is 1.35 bits per heavy atom. The molecule has 0 fully saturated rings. The predicted octanol–water partition coefficient (Wildman–Crippen LogP) is 6.47. The van der Waals surface area contributed by atoms with E-state index in [1.807, 2.05) is 0 Å². The number of hydrogen-bond acceptors (Lipinski definition) is 0. The van der Waals surface area contributed by atoms with Crippen molar-refractivity contribution >= 4 is 0 Å². The summed E-state index contributed by atoms with van der Waals surface area (Å²) in [5, 5.41) is 0. The maximum absolute atomic E-state index is 3.98. The van der Waals surface area contributed by atoms with Gasteiger partial charge >= 0.3 is 0 Å². The summed E-state index contributed by atoms with van der Waals surface area (Å²) < 4.78 is 0. The van der Waals surface area contributed by atoms with Crippen LogP contribution in [-0.2, 0) is 0 Å². The van der Waals surface area contributed by atoms with Gasteiger partial charge in [0.25, 0.3) is 0 Å². The highest BCUT2D eigenvalue weighted by Crippen LogP contribution is 2.19. The molecule has 0 bridgehead atoms. The summed E-state index contributed by atoms with van der Waals surface area (Å²) in [7, 11) is 0. The van der Waals surface area contributed by atoms with Crippen LogP contribution < -0.4 is 0 Å².